The van der Waals surface area contributed by atoms with E-state index in [-0.39, 0.29) is 17.7 Å². The van der Waals surface area contributed by atoms with Crippen LogP contribution in [0, 0.1) is 12.8 Å². The maximum Gasteiger partial charge on any atom is 0.255 e. The van der Waals surface area contributed by atoms with E-state index in [0.717, 1.165) is 42.7 Å². The molecular weight excluding hydrogens is 300 g/mol. The molecule has 4 heteroatoms. The van der Waals surface area contributed by atoms with Crippen LogP contribution >= 0.6 is 0 Å². The number of nitrogens with one attached hydrogen (secondary N) is 1. The molecule has 1 aliphatic heterocycles. The number of benzene rings is 2. The lowest BCUT2D eigenvalue weighted by atomic mass is 10.1. The van der Waals surface area contributed by atoms with Crippen molar-refractivity contribution in [2.75, 3.05) is 16.8 Å². The van der Waals surface area contributed by atoms with Gasteiger partial charge in [-0.25, -0.2) is 0 Å². The van der Waals surface area contributed by atoms with Crippen molar-refractivity contribution in [1.82, 2.24) is 0 Å². The second-order valence-corrected chi connectivity index (χ2v) is 6.68. The summed E-state index contributed by atoms with van der Waals surface area (Å²) >= 11 is 0. The third-order valence-electron chi connectivity index (χ3n) is 4.75. The van der Waals surface area contributed by atoms with E-state index in [9.17, 15) is 9.59 Å². The molecule has 1 heterocycles. The summed E-state index contributed by atoms with van der Waals surface area (Å²) in [6, 6.07) is 13.3. The number of fused-ring (bicyclic) bond motifs is 1. The quantitative estimate of drug-likeness (QED) is 0.940. The van der Waals surface area contributed by atoms with E-state index >= 15 is 0 Å². The van der Waals surface area contributed by atoms with Gasteiger partial charge in [-0.05, 0) is 56.0 Å². The van der Waals surface area contributed by atoms with Gasteiger partial charge in [-0.3, -0.25) is 9.59 Å². The number of hydrogen-bond donors (Lipinski definition) is 1. The van der Waals surface area contributed by atoms with Gasteiger partial charge in [-0.15, -0.1) is 0 Å². The van der Waals surface area contributed by atoms with Crippen LogP contribution < -0.4 is 10.2 Å². The lowest BCUT2D eigenvalue weighted by Gasteiger charge is -2.18. The second kappa shape index (κ2) is 5.78. The maximum absolute atomic E-state index is 12.4. The zero-order valence-electron chi connectivity index (χ0n) is 13.7. The van der Waals surface area contributed by atoms with Crippen LogP contribution in [0.4, 0.5) is 11.4 Å². The fraction of sp³-hybridized carbons (Fsp3) is 0.300. The molecule has 4 nitrogen and oxygen atoms in total. The zero-order valence-corrected chi connectivity index (χ0v) is 13.7. The average molecular weight is 320 g/mol. The van der Waals surface area contributed by atoms with Gasteiger partial charge in [0.05, 0.1) is 0 Å². The van der Waals surface area contributed by atoms with E-state index in [1.54, 1.807) is 0 Å². The van der Waals surface area contributed by atoms with E-state index in [1.165, 1.54) is 5.56 Å². The van der Waals surface area contributed by atoms with Crippen molar-refractivity contribution in [1.29, 1.82) is 0 Å². The molecule has 0 spiro atoms. The largest absolute Gasteiger partial charge is 0.322 e. The van der Waals surface area contributed by atoms with Gasteiger partial charge in [-0.1, -0.05) is 23.8 Å². The van der Waals surface area contributed by atoms with Crippen molar-refractivity contribution in [3.8, 4) is 0 Å². The minimum absolute atomic E-state index is 0.131. The Labute approximate surface area is 141 Å². The number of rotatable bonds is 3. The van der Waals surface area contributed by atoms with Crippen LogP contribution in [0.3, 0.4) is 0 Å². The average Bonchev–Trinajstić information content (AvgIpc) is 3.35. The molecule has 24 heavy (non-hydrogen) atoms. The first kappa shape index (κ1) is 14.9. The van der Waals surface area contributed by atoms with E-state index in [2.05, 4.69) is 5.32 Å². The molecule has 1 N–H and O–H groups in total. The molecule has 2 aromatic rings. The lowest BCUT2D eigenvalue weighted by molar-refractivity contribution is -0.119. The Hall–Kier alpha value is -2.62. The number of amides is 2. The highest BCUT2D eigenvalue weighted by Crippen LogP contribution is 2.37. The molecule has 0 aromatic heterocycles. The highest BCUT2D eigenvalue weighted by Gasteiger charge is 2.36. The molecular formula is C20H20N2O2. The molecule has 4 rings (SSSR count). The summed E-state index contributed by atoms with van der Waals surface area (Å²) in [6.45, 7) is 2.74. The molecule has 0 atom stereocenters. The van der Waals surface area contributed by atoms with Crippen LogP contribution in [0.1, 0.15) is 34.3 Å². The number of nitrogens with zero attached hydrogens (tertiary/aromatic N) is 1. The van der Waals surface area contributed by atoms with Crippen LogP contribution in [0.5, 0.6) is 0 Å². The monoisotopic (exact) mass is 320 g/mol. The molecule has 0 bridgehead atoms. The van der Waals surface area contributed by atoms with E-state index in [0.29, 0.717) is 5.56 Å². The number of carbonyl (C=O) groups excluding carboxylic acids is 2. The van der Waals surface area contributed by atoms with Crippen molar-refractivity contribution in [2.24, 2.45) is 5.92 Å². The van der Waals surface area contributed by atoms with E-state index in [1.807, 2.05) is 54.3 Å². The minimum atomic E-state index is -0.131. The number of anilines is 2. The van der Waals surface area contributed by atoms with Crippen molar-refractivity contribution >= 4 is 23.2 Å². The fourth-order valence-corrected chi connectivity index (χ4v) is 3.14. The van der Waals surface area contributed by atoms with Gasteiger partial charge in [0.2, 0.25) is 5.91 Å². The maximum atomic E-state index is 12.4. The molecule has 1 aliphatic carbocycles. The summed E-state index contributed by atoms with van der Waals surface area (Å²) in [6.07, 6.45) is 2.91. The van der Waals surface area contributed by atoms with Gasteiger partial charge in [-0.2, -0.15) is 0 Å². The van der Waals surface area contributed by atoms with E-state index < -0.39 is 0 Å². The third kappa shape index (κ3) is 2.80. The Morgan fingerprint density at radius 1 is 1.08 bits per heavy atom. The molecule has 1 fully saturated rings. The summed E-state index contributed by atoms with van der Waals surface area (Å²) in [7, 11) is 0. The van der Waals surface area contributed by atoms with Crippen LogP contribution in [-0.4, -0.2) is 18.4 Å². The molecule has 0 unspecified atom stereocenters. The lowest BCUT2D eigenvalue weighted by Crippen LogP contribution is -2.30. The molecule has 0 radical (unpaired) electrons. The summed E-state index contributed by atoms with van der Waals surface area (Å²) in [5, 5.41) is 2.93. The molecule has 0 saturated heterocycles. The minimum Gasteiger partial charge on any atom is -0.322 e. The number of carbonyl (C=O) groups is 2. The third-order valence-corrected chi connectivity index (χ3v) is 4.75. The van der Waals surface area contributed by atoms with Crippen LogP contribution in [0.15, 0.2) is 42.5 Å². The molecule has 122 valence electrons. The molecule has 2 aromatic carbocycles. The Bertz CT molecular complexity index is 807. The van der Waals surface area contributed by atoms with Gasteiger partial charge < -0.3 is 10.2 Å². The summed E-state index contributed by atoms with van der Waals surface area (Å²) < 4.78 is 0. The number of hydrogen-bond acceptors (Lipinski definition) is 2. The summed E-state index contributed by atoms with van der Waals surface area (Å²) in [4.78, 5) is 26.6. The Balaban J connectivity index is 1.54. The van der Waals surface area contributed by atoms with Gasteiger partial charge in [0.25, 0.3) is 5.91 Å². The molecule has 2 aliphatic rings. The van der Waals surface area contributed by atoms with Crippen LogP contribution in [0.2, 0.25) is 0 Å². The van der Waals surface area contributed by atoms with Crippen molar-refractivity contribution in [3.63, 3.8) is 0 Å². The highest BCUT2D eigenvalue weighted by atomic mass is 16.2. The Morgan fingerprint density at radius 3 is 2.54 bits per heavy atom. The topological polar surface area (TPSA) is 49.4 Å². The van der Waals surface area contributed by atoms with Gasteiger partial charge in [0, 0.05) is 29.4 Å². The Kier molecular flexibility index (Phi) is 3.60. The fourth-order valence-electron chi connectivity index (χ4n) is 3.14. The Morgan fingerprint density at radius 2 is 1.83 bits per heavy atom. The number of aryl methyl sites for hydroxylation is 1. The second-order valence-electron chi connectivity index (χ2n) is 6.68. The smallest absolute Gasteiger partial charge is 0.255 e. The molecule has 2 amide bonds. The summed E-state index contributed by atoms with van der Waals surface area (Å²) in [5.41, 5.74) is 4.62. The van der Waals surface area contributed by atoms with Crippen LogP contribution in [-0.2, 0) is 11.2 Å². The molecule has 1 saturated carbocycles. The van der Waals surface area contributed by atoms with Crippen molar-refractivity contribution in [3.05, 3.63) is 59.2 Å². The van der Waals surface area contributed by atoms with Crippen molar-refractivity contribution in [2.45, 2.75) is 26.2 Å². The predicted molar refractivity (Wildman–Crippen MR) is 94.4 cm³/mol. The predicted octanol–water partition coefficient (Wildman–Crippen LogP) is 3.55. The normalized spacial score (nSPS) is 16.0. The van der Waals surface area contributed by atoms with Crippen LogP contribution in [0.25, 0.3) is 0 Å². The summed E-state index contributed by atoms with van der Waals surface area (Å²) in [5.74, 6) is 0.311. The standard InChI is InChI=1S/C20H20N2O2/c1-13-2-4-15(5-3-13)19(23)21-17-9-8-14-10-11-22(18(14)12-17)20(24)16-6-7-16/h2-5,8-9,12,16H,6-7,10-11H2,1H3,(H,21,23). The van der Waals surface area contributed by atoms with E-state index in [4.69, 9.17) is 0 Å². The van der Waals surface area contributed by atoms with Gasteiger partial charge >= 0.3 is 0 Å². The van der Waals surface area contributed by atoms with Crippen molar-refractivity contribution < 1.29 is 9.59 Å². The first-order valence-corrected chi connectivity index (χ1v) is 8.44. The first-order chi connectivity index (χ1) is 11.6. The first-order valence-electron chi connectivity index (χ1n) is 8.44. The highest BCUT2D eigenvalue weighted by molar-refractivity contribution is 6.05. The zero-order chi connectivity index (χ0) is 16.7. The van der Waals surface area contributed by atoms with Gasteiger partial charge in [0.15, 0.2) is 0 Å². The SMILES string of the molecule is Cc1ccc(C(=O)Nc2ccc3c(c2)N(C(=O)C2CC2)CC3)cc1. The van der Waals surface area contributed by atoms with Gasteiger partial charge in [0.1, 0.15) is 0 Å².